The summed E-state index contributed by atoms with van der Waals surface area (Å²) >= 11 is 9.15. The van der Waals surface area contributed by atoms with Gasteiger partial charge in [-0.25, -0.2) is 4.98 Å². The lowest BCUT2D eigenvalue weighted by molar-refractivity contribution is -0.113. The van der Waals surface area contributed by atoms with Crippen LogP contribution in [0.3, 0.4) is 0 Å². The second-order valence-electron chi connectivity index (χ2n) is 7.11. The number of aryl methyl sites for hydroxylation is 3. The van der Waals surface area contributed by atoms with Crippen molar-refractivity contribution >= 4 is 62.2 Å². The average molecular weight is 444 g/mol. The first-order valence-corrected chi connectivity index (χ1v) is 11.6. The molecule has 148 valence electrons. The van der Waals surface area contributed by atoms with Crippen LogP contribution in [0.15, 0.2) is 29.7 Å². The number of hydrogen-bond acceptors (Lipinski definition) is 6. The molecule has 0 fully saturated rings. The second kappa shape index (κ2) is 7.59. The maximum Gasteiger partial charge on any atom is 0.234 e. The number of halogens is 1. The van der Waals surface area contributed by atoms with Crippen molar-refractivity contribution in [2.75, 3.05) is 11.1 Å². The van der Waals surface area contributed by atoms with Crippen molar-refractivity contribution in [3.63, 3.8) is 0 Å². The van der Waals surface area contributed by atoms with Crippen molar-refractivity contribution in [3.05, 3.63) is 45.6 Å². The topological polar surface area (TPSA) is 72.2 Å². The Morgan fingerprint density at radius 2 is 2.17 bits per heavy atom. The number of amides is 1. The molecule has 5 rings (SSSR count). The number of anilines is 1. The monoisotopic (exact) mass is 443 g/mol. The largest absolute Gasteiger partial charge is 0.325 e. The molecular formula is C20H18ClN5OS2. The molecule has 0 atom stereocenters. The van der Waals surface area contributed by atoms with E-state index in [2.05, 4.69) is 20.5 Å². The number of fused-ring (bicyclic) bond motifs is 5. The Balaban J connectivity index is 1.38. The van der Waals surface area contributed by atoms with Gasteiger partial charge in [-0.05, 0) is 55.9 Å². The zero-order valence-electron chi connectivity index (χ0n) is 15.7. The minimum absolute atomic E-state index is 0.112. The standard InChI is InChI=1S/C20H18ClN5OS2/c1-11-6-7-12(21)8-14(11)23-16(27)9-28-20-25-24-18-17-13-4-2-3-5-15(13)29-19(17)22-10-26(18)20/h6-8,10H,2-5,9H2,1H3,(H,23,27). The van der Waals surface area contributed by atoms with E-state index >= 15 is 0 Å². The second-order valence-corrected chi connectivity index (χ2v) is 9.57. The molecule has 0 aliphatic heterocycles. The van der Waals surface area contributed by atoms with Crippen LogP contribution in [0.4, 0.5) is 5.69 Å². The first-order chi connectivity index (χ1) is 14.1. The van der Waals surface area contributed by atoms with Gasteiger partial charge in [0.25, 0.3) is 0 Å². The Labute approximate surface area is 180 Å². The normalized spacial score (nSPS) is 13.7. The van der Waals surface area contributed by atoms with Gasteiger partial charge in [-0.3, -0.25) is 9.20 Å². The minimum Gasteiger partial charge on any atom is -0.325 e. The number of carbonyl (C=O) groups excluding carboxylic acids is 1. The van der Waals surface area contributed by atoms with Crippen molar-refractivity contribution in [1.82, 2.24) is 19.6 Å². The van der Waals surface area contributed by atoms with Crippen LogP contribution in [0.25, 0.3) is 15.9 Å². The Bertz CT molecular complexity index is 1250. The van der Waals surface area contributed by atoms with Crippen molar-refractivity contribution in [2.45, 2.75) is 37.8 Å². The first-order valence-electron chi connectivity index (χ1n) is 9.43. The third-order valence-corrected chi connectivity index (χ3v) is 7.52. The predicted molar refractivity (Wildman–Crippen MR) is 118 cm³/mol. The van der Waals surface area contributed by atoms with Gasteiger partial charge in [0.1, 0.15) is 11.2 Å². The average Bonchev–Trinajstić information content (AvgIpc) is 3.29. The van der Waals surface area contributed by atoms with Crippen molar-refractivity contribution in [2.24, 2.45) is 0 Å². The van der Waals surface area contributed by atoms with E-state index in [-0.39, 0.29) is 11.7 Å². The molecule has 3 aromatic heterocycles. The molecule has 1 N–H and O–H groups in total. The fourth-order valence-corrected chi connectivity index (χ4v) is 5.78. The number of nitrogens with zero attached hydrogens (tertiary/aromatic N) is 4. The van der Waals surface area contributed by atoms with Crippen LogP contribution in [0.2, 0.25) is 5.02 Å². The molecule has 4 aromatic rings. The summed E-state index contributed by atoms with van der Waals surface area (Å²) in [6.45, 7) is 1.93. The lowest BCUT2D eigenvalue weighted by Gasteiger charge is -2.10. The van der Waals surface area contributed by atoms with E-state index in [1.54, 1.807) is 29.8 Å². The van der Waals surface area contributed by atoms with Crippen LogP contribution in [-0.2, 0) is 17.6 Å². The van der Waals surface area contributed by atoms with Crippen LogP contribution in [0.1, 0.15) is 28.8 Å². The predicted octanol–water partition coefficient (Wildman–Crippen LogP) is 4.91. The number of carbonyl (C=O) groups is 1. The van der Waals surface area contributed by atoms with Gasteiger partial charge in [-0.1, -0.05) is 29.4 Å². The molecule has 1 aliphatic rings. The number of thioether (sulfide) groups is 1. The zero-order valence-corrected chi connectivity index (χ0v) is 18.1. The summed E-state index contributed by atoms with van der Waals surface area (Å²) in [7, 11) is 0. The van der Waals surface area contributed by atoms with E-state index < -0.39 is 0 Å². The highest BCUT2D eigenvalue weighted by Gasteiger charge is 2.21. The smallest absolute Gasteiger partial charge is 0.234 e. The fraction of sp³-hybridized carbons (Fsp3) is 0.300. The molecule has 9 heteroatoms. The zero-order chi connectivity index (χ0) is 20.0. The summed E-state index contributed by atoms with van der Waals surface area (Å²) in [6, 6.07) is 5.45. The third-order valence-electron chi connectivity index (χ3n) is 5.14. The quantitative estimate of drug-likeness (QED) is 0.453. The minimum atomic E-state index is -0.112. The van der Waals surface area contributed by atoms with E-state index in [9.17, 15) is 4.79 Å². The molecule has 1 amide bonds. The summed E-state index contributed by atoms with van der Waals surface area (Å²) in [5.41, 5.74) is 3.91. The van der Waals surface area contributed by atoms with E-state index in [1.165, 1.54) is 35.0 Å². The van der Waals surface area contributed by atoms with Gasteiger partial charge >= 0.3 is 0 Å². The molecule has 0 bridgehead atoms. The lowest BCUT2D eigenvalue weighted by atomic mass is 9.97. The number of thiophene rings is 1. The first kappa shape index (κ1) is 18.8. The van der Waals surface area contributed by atoms with Crippen LogP contribution >= 0.6 is 34.7 Å². The maximum atomic E-state index is 12.4. The number of hydrogen-bond donors (Lipinski definition) is 1. The Hall–Kier alpha value is -2.16. The van der Waals surface area contributed by atoms with Crippen LogP contribution in [-0.4, -0.2) is 31.2 Å². The molecule has 0 spiro atoms. The molecule has 0 saturated heterocycles. The van der Waals surface area contributed by atoms with Gasteiger partial charge in [-0.15, -0.1) is 21.5 Å². The SMILES string of the molecule is Cc1ccc(Cl)cc1NC(=O)CSc1nnc2c3c4c(sc3ncn12)CCCC4. The summed E-state index contributed by atoms with van der Waals surface area (Å²) in [4.78, 5) is 19.5. The molecule has 6 nitrogen and oxygen atoms in total. The summed E-state index contributed by atoms with van der Waals surface area (Å²) in [6.07, 6.45) is 6.42. The number of aromatic nitrogens is 4. The number of rotatable bonds is 4. The van der Waals surface area contributed by atoms with Crippen LogP contribution in [0, 0.1) is 6.92 Å². The highest BCUT2D eigenvalue weighted by Crippen LogP contribution is 2.37. The van der Waals surface area contributed by atoms with E-state index in [0.717, 1.165) is 40.0 Å². The summed E-state index contributed by atoms with van der Waals surface area (Å²) in [5, 5.41) is 14.1. The van der Waals surface area contributed by atoms with Gasteiger partial charge in [0, 0.05) is 15.6 Å². The lowest BCUT2D eigenvalue weighted by Crippen LogP contribution is -2.15. The highest BCUT2D eigenvalue weighted by molar-refractivity contribution is 7.99. The molecule has 3 heterocycles. The molecule has 1 aromatic carbocycles. The van der Waals surface area contributed by atoms with Gasteiger partial charge in [0.2, 0.25) is 5.91 Å². The molecule has 29 heavy (non-hydrogen) atoms. The van der Waals surface area contributed by atoms with Crippen molar-refractivity contribution in [3.8, 4) is 0 Å². The molecule has 0 unspecified atom stereocenters. The van der Waals surface area contributed by atoms with Crippen LogP contribution in [0.5, 0.6) is 0 Å². The summed E-state index contributed by atoms with van der Waals surface area (Å²) in [5.74, 6) is 0.117. The highest BCUT2D eigenvalue weighted by atomic mass is 35.5. The van der Waals surface area contributed by atoms with E-state index in [1.807, 2.05) is 17.4 Å². The molecular weight excluding hydrogens is 426 g/mol. The number of benzene rings is 1. The maximum absolute atomic E-state index is 12.4. The summed E-state index contributed by atoms with van der Waals surface area (Å²) < 4.78 is 1.90. The van der Waals surface area contributed by atoms with E-state index in [0.29, 0.717) is 10.2 Å². The van der Waals surface area contributed by atoms with Gasteiger partial charge in [0.05, 0.1) is 11.1 Å². The van der Waals surface area contributed by atoms with Crippen LogP contribution < -0.4 is 5.32 Å². The Morgan fingerprint density at radius 3 is 3.07 bits per heavy atom. The van der Waals surface area contributed by atoms with Gasteiger partial charge < -0.3 is 5.32 Å². The van der Waals surface area contributed by atoms with E-state index in [4.69, 9.17) is 11.6 Å². The van der Waals surface area contributed by atoms with Crippen molar-refractivity contribution in [1.29, 1.82) is 0 Å². The van der Waals surface area contributed by atoms with Gasteiger partial charge in [-0.2, -0.15) is 0 Å². The van der Waals surface area contributed by atoms with Crippen molar-refractivity contribution < 1.29 is 4.79 Å². The third kappa shape index (κ3) is 3.49. The molecule has 1 aliphatic carbocycles. The number of nitrogens with one attached hydrogen (secondary N) is 1. The van der Waals surface area contributed by atoms with Gasteiger partial charge in [0.15, 0.2) is 10.8 Å². The fourth-order valence-electron chi connectivity index (χ4n) is 3.68. The molecule has 0 saturated carbocycles. The Kier molecular flexibility index (Phi) is 4.93. The molecule has 0 radical (unpaired) electrons. The Morgan fingerprint density at radius 1 is 1.31 bits per heavy atom.